The standard InChI is InChI=1S/C57H52N2/c1-39(2)36-53(40(3)4)46-20-18-44(19-21-46)47-26-34-56-54(37-47)55-38-48(27-35-57(55)59(56)52-28-16-41(5)17-29-52)45-24-32-51(33-25-45)58(49-14-10-7-11-15-49)50-30-22-43(23-31-50)42-12-8-6-9-13-42/h6-35,37-40,53H,36H2,1-5H3. The molecule has 0 radical (unpaired) electrons. The Morgan fingerprint density at radius 2 is 0.847 bits per heavy atom. The molecule has 9 aromatic rings. The van der Waals surface area contributed by atoms with Crippen LogP contribution in [0.1, 0.15) is 51.2 Å². The molecule has 1 aromatic heterocycles. The fourth-order valence-corrected chi connectivity index (χ4v) is 8.84. The van der Waals surface area contributed by atoms with Crippen LogP contribution >= 0.6 is 0 Å². The Balaban J connectivity index is 1.10. The summed E-state index contributed by atoms with van der Waals surface area (Å²) >= 11 is 0. The monoisotopic (exact) mass is 764 g/mol. The maximum absolute atomic E-state index is 2.42. The predicted octanol–water partition coefficient (Wildman–Crippen LogP) is 16.3. The summed E-state index contributed by atoms with van der Waals surface area (Å²) in [4.78, 5) is 2.33. The molecule has 0 saturated carbocycles. The Morgan fingerprint density at radius 1 is 0.424 bits per heavy atom. The molecule has 0 N–H and O–H groups in total. The van der Waals surface area contributed by atoms with Crippen LogP contribution in [0.2, 0.25) is 0 Å². The van der Waals surface area contributed by atoms with Gasteiger partial charge in [-0.15, -0.1) is 0 Å². The maximum Gasteiger partial charge on any atom is 0.0541 e. The van der Waals surface area contributed by atoms with Crippen LogP contribution in [0, 0.1) is 18.8 Å². The van der Waals surface area contributed by atoms with E-state index in [0.717, 1.165) is 17.1 Å². The van der Waals surface area contributed by atoms with E-state index in [1.807, 2.05) is 0 Å². The average Bonchev–Trinajstić information content (AvgIpc) is 3.60. The minimum atomic E-state index is 0.569. The number of fused-ring (bicyclic) bond motifs is 3. The van der Waals surface area contributed by atoms with Crippen LogP contribution in [0.5, 0.6) is 0 Å². The molecule has 0 aliphatic carbocycles. The molecule has 2 nitrogen and oxygen atoms in total. The molecular formula is C57H52N2. The lowest BCUT2D eigenvalue weighted by Crippen LogP contribution is -2.09. The first-order chi connectivity index (χ1) is 28.8. The number of rotatable bonds is 11. The molecule has 0 fully saturated rings. The van der Waals surface area contributed by atoms with E-state index in [2.05, 4.69) is 238 Å². The molecule has 0 aliphatic rings. The highest BCUT2D eigenvalue weighted by atomic mass is 15.1. The molecule has 9 rings (SSSR count). The van der Waals surface area contributed by atoms with E-state index in [-0.39, 0.29) is 0 Å². The van der Waals surface area contributed by atoms with Gasteiger partial charge in [0, 0.05) is 33.5 Å². The molecule has 8 aromatic carbocycles. The number of benzene rings is 8. The second-order valence-electron chi connectivity index (χ2n) is 16.9. The first kappa shape index (κ1) is 37.9. The quantitative estimate of drug-likeness (QED) is 0.127. The van der Waals surface area contributed by atoms with Gasteiger partial charge in [-0.25, -0.2) is 0 Å². The first-order valence-electron chi connectivity index (χ1n) is 21.2. The van der Waals surface area contributed by atoms with Gasteiger partial charge >= 0.3 is 0 Å². The summed E-state index contributed by atoms with van der Waals surface area (Å²) in [7, 11) is 0. The highest BCUT2D eigenvalue weighted by Crippen LogP contribution is 2.40. The summed E-state index contributed by atoms with van der Waals surface area (Å²) in [5.74, 6) is 1.85. The average molecular weight is 765 g/mol. The number of nitrogens with zero attached hydrogens (tertiary/aromatic N) is 2. The molecule has 0 bridgehead atoms. The predicted molar refractivity (Wildman–Crippen MR) is 254 cm³/mol. The van der Waals surface area contributed by atoms with Gasteiger partial charge in [0.05, 0.1) is 11.0 Å². The van der Waals surface area contributed by atoms with Gasteiger partial charge < -0.3 is 9.47 Å². The summed E-state index contributed by atoms with van der Waals surface area (Å²) in [6, 6.07) is 71.4. The summed E-state index contributed by atoms with van der Waals surface area (Å²) in [6.07, 6.45) is 1.21. The van der Waals surface area contributed by atoms with Crippen LogP contribution in [0.15, 0.2) is 194 Å². The van der Waals surface area contributed by atoms with E-state index >= 15 is 0 Å². The van der Waals surface area contributed by atoms with Crippen molar-refractivity contribution in [1.82, 2.24) is 4.57 Å². The maximum atomic E-state index is 2.42. The smallest absolute Gasteiger partial charge is 0.0541 e. The fraction of sp³-hybridized carbons (Fsp3) is 0.158. The molecule has 0 spiro atoms. The van der Waals surface area contributed by atoms with E-state index in [1.165, 1.54) is 78.4 Å². The van der Waals surface area contributed by atoms with Gasteiger partial charge in [0.25, 0.3) is 0 Å². The normalized spacial score (nSPS) is 12.1. The van der Waals surface area contributed by atoms with Crippen molar-refractivity contribution in [2.75, 3.05) is 4.90 Å². The van der Waals surface area contributed by atoms with E-state index in [0.29, 0.717) is 17.8 Å². The summed E-state index contributed by atoms with van der Waals surface area (Å²) < 4.78 is 2.42. The van der Waals surface area contributed by atoms with Crippen molar-refractivity contribution in [2.45, 2.75) is 47.0 Å². The van der Waals surface area contributed by atoms with Crippen LogP contribution in [0.3, 0.4) is 0 Å². The Bertz CT molecular complexity index is 2810. The molecule has 0 amide bonds. The van der Waals surface area contributed by atoms with Crippen LogP contribution in [0.4, 0.5) is 17.1 Å². The topological polar surface area (TPSA) is 8.17 Å². The van der Waals surface area contributed by atoms with Gasteiger partial charge in [0.1, 0.15) is 0 Å². The summed E-state index contributed by atoms with van der Waals surface area (Å²) in [6.45, 7) is 11.5. The van der Waals surface area contributed by atoms with Crippen LogP contribution < -0.4 is 4.90 Å². The summed E-state index contributed by atoms with van der Waals surface area (Å²) in [5.41, 5.74) is 17.0. The Morgan fingerprint density at radius 3 is 1.34 bits per heavy atom. The van der Waals surface area contributed by atoms with Gasteiger partial charge in [0.15, 0.2) is 0 Å². The number of hydrogen-bond acceptors (Lipinski definition) is 1. The minimum Gasteiger partial charge on any atom is -0.311 e. The molecule has 1 heterocycles. The van der Waals surface area contributed by atoms with Crippen molar-refractivity contribution in [3.05, 3.63) is 205 Å². The van der Waals surface area contributed by atoms with Crippen LogP contribution in [-0.2, 0) is 0 Å². The zero-order valence-electron chi connectivity index (χ0n) is 34.8. The van der Waals surface area contributed by atoms with E-state index in [4.69, 9.17) is 0 Å². The lowest BCUT2D eigenvalue weighted by Gasteiger charge is -2.26. The number of para-hydroxylation sites is 1. The highest BCUT2D eigenvalue weighted by Gasteiger charge is 2.19. The van der Waals surface area contributed by atoms with Crippen molar-refractivity contribution >= 4 is 38.9 Å². The summed E-state index contributed by atoms with van der Waals surface area (Å²) in [5, 5.41) is 2.51. The lowest BCUT2D eigenvalue weighted by atomic mass is 9.82. The van der Waals surface area contributed by atoms with Crippen molar-refractivity contribution in [3.63, 3.8) is 0 Å². The second kappa shape index (κ2) is 16.3. The molecule has 59 heavy (non-hydrogen) atoms. The third-order valence-electron chi connectivity index (χ3n) is 12.0. The van der Waals surface area contributed by atoms with Gasteiger partial charge in [-0.1, -0.05) is 155 Å². The molecule has 1 atom stereocenters. The lowest BCUT2D eigenvalue weighted by molar-refractivity contribution is 0.408. The van der Waals surface area contributed by atoms with Gasteiger partial charge in [-0.05, 0) is 143 Å². The van der Waals surface area contributed by atoms with E-state index in [9.17, 15) is 0 Å². The molecule has 0 saturated heterocycles. The largest absolute Gasteiger partial charge is 0.311 e. The Kier molecular flexibility index (Phi) is 10.5. The molecule has 290 valence electrons. The second-order valence-corrected chi connectivity index (χ2v) is 16.9. The molecule has 0 aliphatic heterocycles. The SMILES string of the molecule is Cc1ccc(-n2c3ccc(-c4ccc(C(CC(C)C)C(C)C)cc4)cc3c3cc(-c4ccc(N(c5ccccc5)c5ccc(-c6ccccc6)cc5)cc4)ccc32)cc1. The minimum absolute atomic E-state index is 0.569. The highest BCUT2D eigenvalue weighted by molar-refractivity contribution is 6.11. The number of anilines is 3. The van der Waals surface area contributed by atoms with Crippen molar-refractivity contribution in [2.24, 2.45) is 11.8 Å². The van der Waals surface area contributed by atoms with Gasteiger partial charge in [0.2, 0.25) is 0 Å². The zero-order valence-corrected chi connectivity index (χ0v) is 34.8. The zero-order chi connectivity index (χ0) is 40.5. The van der Waals surface area contributed by atoms with E-state index in [1.54, 1.807) is 0 Å². The van der Waals surface area contributed by atoms with Crippen molar-refractivity contribution in [1.29, 1.82) is 0 Å². The van der Waals surface area contributed by atoms with Gasteiger partial charge in [-0.3, -0.25) is 0 Å². The van der Waals surface area contributed by atoms with Crippen LogP contribution in [-0.4, -0.2) is 4.57 Å². The number of hydrogen-bond donors (Lipinski definition) is 0. The fourth-order valence-electron chi connectivity index (χ4n) is 8.84. The number of aryl methyl sites for hydroxylation is 1. The number of aromatic nitrogens is 1. The Labute approximate surface area is 350 Å². The first-order valence-corrected chi connectivity index (χ1v) is 21.2. The van der Waals surface area contributed by atoms with Crippen molar-refractivity contribution in [3.8, 4) is 39.1 Å². The van der Waals surface area contributed by atoms with Crippen LogP contribution in [0.25, 0.3) is 60.9 Å². The third kappa shape index (κ3) is 7.71. The Hall–Kier alpha value is -6.64. The molecular weight excluding hydrogens is 713 g/mol. The molecule has 1 unspecified atom stereocenters. The van der Waals surface area contributed by atoms with E-state index < -0.39 is 0 Å². The third-order valence-corrected chi connectivity index (χ3v) is 12.0. The van der Waals surface area contributed by atoms with Crippen molar-refractivity contribution < 1.29 is 0 Å². The molecule has 2 heteroatoms. The van der Waals surface area contributed by atoms with Gasteiger partial charge in [-0.2, -0.15) is 0 Å².